The van der Waals surface area contributed by atoms with Crippen molar-refractivity contribution in [1.29, 1.82) is 0 Å². The van der Waals surface area contributed by atoms with E-state index in [1.165, 1.54) is 60.1 Å². The van der Waals surface area contributed by atoms with Crippen molar-refractivity contribution in [1.82, 2.24) is 69.3 Å². The van der Waals surface area contributed by atoms with E-state index in [2.05, 4.69) is 267 Å². The SMILES string of the molecule is C.CC(C)N1CC=C(c2ccc(-c3ncccn3)cc2)CC1.CC(C)N1CCN(C2=NC=CC2)CC1.CC(C)N1CCN(c2ccc(-c3ncccn3)cc2)CC1.Cc1cnc(-c2ccc(N3CCN(C(C)C)CC3)cc2)nc1.Cc1cnc(-c2ccc(N3C[C@@H]4C[C@H]3CN4C(C)C)cc2)nc1. The van der Waals surface area contributed by atoms with Crippen molar-refractivity contribution >= 4 is 28.5 Å². The molecule has 102 heavy (non-hydrogen) atoms. The second kappa shape index (κ2) is 37.0. The van der Waals surface area contributed by atoms with E-state index in [0.29, 0.717) is 36.3 Å². The summed E-state index contributed by atoms with van der Waals surface area (Å²) < 4.78 is 0. The Labute approximate surface area is 610 Å². The van der Waals surface area contributed by atoms with E-state index in [0.717, 1.165) is 161 Å². The standard InChI is InChI=1S/C19H24N4.C18H24N4.C18H21N3.C17H22N4.C11H19N3.CH4/c1-13(2)22-11-18-8-17(22)12-23(18)16-6-4-15(5-7-16)19-20-9-14(3)10-21-19;1-14(2)21-8-10-22(11-9-21)17-6-4-16(5-7-17)18-19-12-15(3)13-20-18;1-14(2)21-12-8-16(9-13-21)15-4-6-17(7-5-15)18-19-10-3-11-20-18;1-14(2)20-10-12-21(13-11-20)16-6-4-15(5-7-16)17-18-8-3-9-19-17;1-10(2)13-6-8-14(9-7-13)11-4-3-5-12-11;/h4-7,9-10,13,17-18H,8,11-12H2,1-3H3;4-7,12-14H,8-11H2,1-3H3;3-8,10-11,14H,9,12-13H2,1-2H3;3-9,14H,10-13H2,1-2H3;3,5,10H,4,6-9H2,1-2H3;1H4/t17-,18-;;;;;/m0...../s1. The molecular weight excluding hydrogens is 1260 g/mol. The van der Waals surface area contributed by atoms with Crippen LogP contribution in [0.25, 0.3) is 51.1 Å². The molecule has 0 spiro atoms. The highest BCUT2D eigenvalue weighted by atomic mass is 15.4. The molecule has 8 aromatic rings. The third-order valence-electron chi connectivity index (χ3n) is 20.7. The number of fused-ring (bicyclic) bond motifs is 2. The van der Waals surface area contributed by atoms with Crippen molar-refractivity contribution in [2.75, 3.05) is 119 Å². The summed E-state index contributed by atoms with van der Waals surface area (Å²) in [5, 5.41) is 0. The van der Waals surface area contributed by atoms with Gasteiger partial charge in [0.2, 0.25) is 0 Å². The van der Waals surface area contributed by atoms with Gasteiger partial charge in [-0.25, -0.2) is 44.9 Å². The molecule has 0 N–H and O–H groups in total. The highest BCUT2D eigenvalue weighted by Crippen LogP contribution is 2.36. The summed E-state index contributed by atoms with van der Waals surface area (Å²) in [4.78, 5) is 61.8. The molecule has 0 amide bonds. The van der Waals surface area contributed by atoms with Gasteiger partial charge >= 0.3 is 0 Å². The summed E-state index contributed by atoms with van der Waals surface area (Å²) in [5.41, 5.74) is 13.2. The summed E-state index contributed by atoms with van der Waals surface area (Å²) in [6.07, 6.45) is 24.5. The second-order valence-electron chi connectivity index (χ2n) is 29.1. The van der Waals surface area contributed by atoms with Crippen molar-refractivity contribution < 1.29 is 0 Å². The van der Waals surface area contributed by atoms with Crippen LogP contribution in [0.4, 0.5) is 17.1 Å². The van der Waals surface area contributed by atoms with Crippen LogP contribution in [0.2, 0.25) is 0 Å². The molecule has 18 heteroatoms. The Hall–Kier alpha value is -8.65. The van der Waals surface area contributed by atoms with Gasteiger partial charge in [-0.05, 0) is 203 Å². The molecule has 540 valence electrons. The number of nitrogens with zero attached hydrogens (tertiary/aromatic N) is 18. The molecule has 2 atom stereocenters. The van der Waals surface area contributed by atoms with Gasteiger partial charge in [0.25, 0.3) is 0 Å². The van der Waals surface area contributed by atoms with Gasteiger partial charge in [-0.1, -0.05) is 43.8 Å². The monoisotopic (exact) mass is 1370 g/mol. The van der Waals surface area contributed by atoms with Crippen LogP contribution in [0, 0.1) is 13.8 Å². The Morgan fingerprint density at radius 1 is 0.373 bits per heavy atom. The molecule has 18 nitrogen and oxygen atoms in total. The average molecular weight is 1380 g/mol. The first-order valence-corrected chi connectivity index (χ1v) is 37.2. The summed E-state index contributed by atoms with van der Waals surface area (Å²) in [6.45, 7) is 44.9. The van der Waals surface area contributed by atoms with Gasteiger partial charge in [-0.15, -0.1) is 0 Å². The smallest absolute Gasteiger partial charge is 0.159 e. The largest absolute Gasteiger partial charge is 0.369 e. The fourth-order valence-electron chi connectivity index (χ4n) is 14.4. The molecule has 11 heterocycles. The summed E-state index contributed by atoms with van der Waals surface area (Å²) in [7, 11) is 0. The number of anilines is 3. The van der Waals surface area contributed by atoms with Gasteiger partial charge in [-0.2, -0.15) is 0 Å². The molecule has 0 saturated carbocycles. The first-order valence-electron chi connectivity index (χ1n) is 37.2. The van der Waals surface area contributed by atoms with Crippen LogP contribution in [0.3, 0.4) is 0 Å². The fourth-order valence-corrected chi connectivity index (χ4v) is 14.4. The number of likely N-dealkylation sites (tertiary alicyclic amines) is 1. The minimum absolute atomic E-state index is 0. The number of aryl methyl sites for hydroxylation is 2. The lowest BCUT2D eigenvalue weighted by Crippen LogP contribution is -2.50. The number of aromatic nitrogens is 8. The third-order valence-corrected chi connectivity index (χ3v) is 20.7. The van der Waals surface area contributed by atoms with Crippen LogP contribution in [0.1, 0.15) is 113 Å². The zero-order valence-electron chi connectivity index (χ0n) is 62.3. The molecule has 0 unspecified atom stereocenters. The quantitative estimate of drug-likeness (QED) is 0.108. The molecule has 7 aliphatic rings. The predicted octanol–water partition coefficient (Wildman–Crippen LogP) is 14.4. The maximum atomic E-state index is 4.41. The number of benzene rings is 4. The summed E-state index contributed by atoms with van der Waals surface area (Å²) >= 11 is 0. The number of hydrogen-bond donors (Lipinski definition) is 0. The molecule has 15 rings (SSSR count). The Morgan fingerprint density at radius 2 is 0.745 bits per heavy atom. The topological polar surface area (TPSA) is 145 Å². The van der Waals surface area contributed by atoms with Gasteiger partial charge in [0.1, 0.15) is 5.84 Å². The minimum atomic E-state index is 0. The molecule has 5 fully saturated rings. The van der Waals surface area contributed by atoms with E-state index >= 15 is 0 Å². The van der Waals surface area contributed by atoms with Crippen LogP contribution in [0.15, 0.2) is 182 Å². The van der Waals surface area contributed by atoms with Crippen molar-refractivity contribution in [3.8, 4) is 45.6 Å². The van der Waals surface area contributed by atoms with Crippen LogP contribution >= 0.6 is 0 Å². The van der Waals surface area contributed by atoms with E-state index in [1.54, 1.807) is 24.8 Å². The number of amidine groups is 1. The van der Waals surface area contributed by atoms with Gasteiger partial charge in [0.05, 0.1) is 0 Å². The lowest BCUT2D eigenvalue weighted by Gasteiger charge is -2.38. The molecule has 2 bridgehead atoms. The summed E-state index contributed by atoms with van der Waals surface area (Å²) in [5.74, 6) is 4.42. The third kappa shape index (κ3) is 20.6. The lowest BCUT2D eigenvalue weighted by atomic mass is 9.98. The number of piperazine rings is 4. The van der Waals surface area contributed by atoms with Gasteiger partial charge in [0.15, 0.2) is 23.3 Å². The minimum Gasteiger partial charge on any atom is -0.369 e. The molecule has 5 saturated heterocycles. The molecular formula is C84H114N18. The Morgan fingerprint density at radius 3 is 1.09 bits per heavy atom. The van der Waals surface area contributed by atoms with E-state index in [9.17, 15) is 0 Å². The van der Waals surface area contributed by atoms with E-state index < -0.39 is 0 Å². The Bertz CT molecular complexity index is 3860. The maximum Gasteiger partial charge on any atom is 0.159 e. The molecule has 4 aromatic carbocycles. The Kier molecular flexibility index (Phi) is 27.6. The van der Waals surface area contributed by atoms with Crippen LogP contribution in [-0.2, 0) is 0 Å². The van der Waals surface area contributed by atoms with Crippen LogP contribution < -0.4 is 14.7 Å². The first kappa shape index (κ1) is 76.0. The van der Waals surface area contributed by atoms with E-state index in [-0.39, 0.29) is 7.43 Å². The van der Waals surface area contributed by atoms with Gasteiger partial charge in [-0.3, -0.25) is 24.5 Å². The molecule has 0 radical (unpaired) electrons. The second-order valence-corrected chi connectivity index (χ2v) is 29.1. The highest BCUT2D eigenvalue weighted by Gasteiger charge is 2.44. The van der Waals surface area contributed by atoms with Gasteiger partial charge in [0, 0.05) is 249 Å². The highest BCUT2D eigenvalue weighted by molar-refractivity contribution is 5.86. The van der Waals surface area contributed by atoms with E-state index in [1.807, 2.05) is 57.0 Å². The van der Waals surface area contributed by atoms with Crippen LogP contribution in [-0.4, -0.2) is 222 Å². The molecule has 4 aromatic heterocycles. The average Bonchev–Trinajstić information content (AvgIpc) is 1.62. The van der Waals surface area contributed by atoms with Crippen molar-refractivity contribution in [2.45, 2.75) is 152 Å². The number of aliphatic imine (C=N–C) groups is 1. The normalized spacial score (nSPS) is 18.8. The Balaban J connectivity index is 0.000000138. The lowest BCUT2D eigenvalue weighted by molar-refractivity contribution is 0.148. The predicted molar refractivity (Wildman–Crippen MR) is 424 cm³/mol. The maximum absolute atomic E-state index is 4.41. The van der Waals surface area contributed by atoms with Crippen molar-refractivity contribution in [2.24, 2.45) is 4.99 Å². The zero-order valence-corrected chi connectivity index (χ0v) is 62.3. The van der Waals surface area contributed by atoms with E-state index in [4.69, 9.17) is 0 Å². The number of rotatable bonds is 13. The van der Waals surface area contributed by atoms with Crippen molar-refractivity contribution in [3.05, 3.63) is 194 Å². The zero-order chi connectivity index (χ0) is 70.8. The van der Waals surface area contributed by atoms with Gasteiger partial charge < -0.3 is 19.6 Å². The molecule has 7 aliphatic heterocycles. The van der Waals surface area contributed by atoms with Crippen LogP contribution in [0.5, 0.6) is 0 Å². The van der Waals surface area contributed by atoms with Crippen molar-refractivity contribution in [3.63, 3.8) is 0 Å². The number of hydrogen-bond acceptors (Lipinski definition) is 18. The molecule has 0 aliphatic carbocycles. The fraction of sp³-hybridized carbons (Fsp3) is 0.464. The first-order chi connectivity index (χ1) is 49.0. The summed E-state index contributed by atoms with van der Waals surface area (Å²) in [6, 6.07) is 42.8.